The predicted octanol–water partition coefficient (Wildman–Crippen LogP) is 1.85. The van der Waals surface area contributed by atoms with Crippen LogP contribution in [0.1, 0.15) is 22.5 Å². The molecule has 1 spiro atoms. The third-order valence-electron chi connectivity index (χ3n) is 3.43. The summed E-state index contributed by atoms with van der Waals surface area (Å²) >= 11 is 5.83. The normalized spacial score (nSPS) is 22.5. The van der Waals surface area contributed by atoms with Gasteiger partial charge in [-0.1, -0.05) is 11.6 Å². The van der Waals surface area contributed by atoms with Gasteiger partial charge in [-0.3, -0.25) is 4.79 Å². The lowest BCUT2D eigenvalue weighted by Crippen LogP contribution is -2.47. The molecule has 2 heterocycles. The van der Waals surface area contributed by atoms with Crippen molar-refractivity contribution < 1.29 is 14.3 Å². The second-order valence-corrected chi connectivity index (χ2v) is 4.94. The number of Topliss-reactive ketones (excluding diaryl/α,β-unsaturated/α-hetero) is 1. The van der Waals surface area contributed by atoms with E-state index in [1.165, 1.54) is 0 Å². The number of aryl methyl sites for hydroxylation is 1. The van der Waals surface area contributed by atoms with Gasteiger partial charge < -0.3 is 9.47 Å². The Bertz CT molecular complexity index is 469. The fourth-order valence-electron chi connectivity index (χ4n) is 2.48. The molecule has 0 N–H and O–H groups in total. The molecule has 1 aliphatic heterocycles. The predicted molar refractivity (Wildman–Crippen MR) is 61.1 cm³/mol. The van der Waals surface area contributed by atoms with E-state index in [1.807, 2.05) is 0 Å². The first-order valence-corrected chi connectivity index (χ1v) is 5.95. The minimum atomic E-state index is -0.513. The summed E-state index contributed by atoms with van der Waals surface area (Å²) < 4.78 is 10.6. The van der Waals surface area contributed by atoms with Crippen LogP contribution >= 0.6 is 11.6 Å². The second-order valence-electron chi connectivity index (χ2n) is 4.55. The minimum absolute atomic E-state index is 0.0719. The molecule has 1 aromatic rings. The van der Waals surface area contributed by atoms with Crippen LogP contribution in [-0.2, 0) is 15.9 Å². The SMILES string of the molecule is O=C1c2ccc(Cl)nc2CCC12COCOC2. The number of carbonyl (C=O) groups is 1. The van der Waals surface area contributed by atoms with Crippen molar-refractivity contribution in [2.45, 2.75) is 12.8 Å². The van der Waals surface area contributed by atoms with E-state index in [-0.39, 0.29) is 12.6 Å². The number of fused-ring (bicyclic) bond motifs is 1. The van der Waals surface area contributed by atoms with Crippen molar-refractivity contribution >= 4 is 17.4 Å². The highest BCUT2D eigenvalue weighted by Gasteiger charge is 2.45. The maximum Gasteiger partial charge on any atom is 0.175 e. The van der Waals surface area contributed by atoms with E-state index in [2.05, 4.69) is 4.98 Å². The maximum absolute atomic E-state index is 12.5. The number of nitrogens with zero attached hydrogens (tertiary/aromatic N) is 1. The summed E-state index contributed by atoms with van der Waals surface area (Å²) in [7, 11) is 0. The van der Waals surface area contributed by atoms with Gasteiger partial charge in [0.1, 0.15) is 11.9 Å². The Morgan fingerprint density at radius 2 is 2.06 bits per heavy atom. The summed E-state index contributed by atoms with van der Waals surface area (Å²) in [5.74, 6) is 0.0719. The van der Waals surface area contributed by atoms with Crippen LogP contribution in [0.3, 0.4) is 0 Å². The maximum atomic E-state index is 12.5. The number of hydrogen-bond acceptors (Lipinski definition) is 4. The van der Waals surface area contributed by atoms with Gasteiger partial charge in [-0.25, -0.2) is 4.98 Å². The van der Waals surface area contributed by atoms with Crippen LogP contribution in [0.25, 0.3) is 0 Å². The molecule has 4 nitrogen and oxygen atoms in total. The zero-order valence-electron chi connectivity index (χ0n) is 9.24. The lowest BCUT2D eigenvalue weighted by molar-refractivity contribution is -0.152. The molecule has 5 heteroatoms. The molecule has 17 heavy (non-hydrogen) atoms. The Morgan fingerprint density at radius 1 is 1.29 bits per heavy atom. The van der Waals surface area contributed by atoms with Crippen LogP contribution in [0.15, 0.2) is 12.1 Å². The van der Waals surface area contributed by atoms with Crippen molar-refractivity contribution in [3.05, 3.63) is 28.5 Å². The van der Waals surface area contributed by atoms with Gasteiger partial charge in [-0.15, -0.1) is 0 Å². The Balaban J connectivity index is 2.00. The Morgan fingerprint density at radius 3 is 2.82 bits per heavy atom. The first kappa shape index (κ1) is 11.1. The van der Waals surface area contributed by atoms with E-state index in [9.17, 15) is 4.79 Å². The summed E-state index contributed by atoms with van der Waals surface area (Å²) in [6.45, 7) is 1.16. The number of rotatable bonds is 0. The van der Waals surface area contributed by atoms with Gasteiger partial charge in [0.15, 0.2) is 5.78 Å². The van der Waals surface area contributed by atoms with Gasteiger partial charge >= 0.3 is 0 Å². The van der Waals surface area contributed by atoms with E-state index < -0.39 is 5.41 Å². The van der Waals surface area contributed by atoms with Crippen LogP contribution in [0.2, 0.25) is 5.15 Å². The second kappa shape index (κ2) is 4.05. The summed E-state index contributed by atoms with van der Waals surface area (Å²) in [6.07, 6.45) is 1.46. The van der Waals surface area contributed by atoms with Gasteiger partial charge in [-0.05, 0) is 25.0 Å². The number of hydrogen-bond donors (Lipinski definition) is 0. The van der Waals surface area contributed by atoms with Crippen molar-refractivity contribution in [3.63, 3.8) is 0 Å². The van der Waals surface area contributed by atoms with Gasteiger partial charge in [0, 0.05) is 5.56 Å². The molecule has 1 aliphatic carbocycles. The zero-order valence-corrected chi connectivity index (χ0v) is 10.00. The lowest BCUT2D eigenvalue weighted by atomic mass is 9.72. The molecule has 3 rings (SSSR count). The molecule has 0 saturated carbocycles. The minimum Gasteiger partial charge on any atom is -0.354 e. The number of pyridine rings is 1. The average Bonchev–Trinajstić information content (AvgIpc) is 2.36. The van der Waals surface area contributed by atoms with Crippen molar-refractivity contribution in [3.8, 4) is 0 Å². The number of ether oxygens (including phenoxy) is 2. The van der Waals surface area contributed by atoms with Crippen molar-refractivity contribution in [2.75, 3.05) is 20.0 Å². The molecule has 0 unspecified atom stereocenters. The highest BCUT2D eigenvalue weighted by atomic mass is 35.5. The van der Waals surface area contributed by atoms with Gasteiger partial charge in [0.05, 0.1) is 24.3 Å². The molecule has 90 valence electrons. The average molecular weight is 254 g/mol. The highest BCUT2D eigenvalue weighted by molar-refractivity contribution is 6.29. The largest absolute Gasteiger partial charge is 0.354 e. The van der Waals surface area contributed by atoms with Gasteiger partial charge in [0.25, 0.3) is 0 Å². The molecular weight excluding hydrogens is 242 g/mol. The summed E-state index contributed by atoms with van der Waals surface area (Å²) in [4.78, 5) is 16.7. The monoisotopic (exact) mass is 253 g/mol. The quantitative estimate of drug-likeness (QED) is 0.662. The topological polar surface area (TPSA) is 48.4 Å². The fourth-order valence-corrected chi connectivity index (χ4v) is 2.64. The van der Waals surface area contributed by atoms with Gasteiger partial charge in [-0.2, -0.15) is 0 Å². The molecule has 1 saturated heterocycles. The lowest BCUT2D eigenvalue weighted by Gasteiger charge is -2.38. The van der Waals surface area contributed by atoms with E-state index in [1.54, 1.807) is 12.1 Å². The van der Waals surface area contributed by atoms with E-state index >= 15 is 0 Å². The molecular formula is C12H12ClNO3. The Hall–Kier alpha value is -0.970. The molecule has 1 aromatic heterocycles. The summed E-state index contributed by atoms with van der Waals surface area (Å²) in [6, 6.07) is 3.41. The number of carbonyl (C=O) groups excluding carboxylic acids is 1. The van der Waals surface area contributed by atoms with Crippen molar-refractivity contribution in [1.82, 2.24) is 4.98 Å². The summed E-state index contributed by atoms with van der Waals surface area (Å²) in [5, 5.41) is 0.434. The molecule has 0 radical (unpaired) electrons. The third kappa shape index (κ3) is 1.76. The van der Waals surface area contributed by atoms with Crippen LogP contribution < -0.4 is 0 Å². The smallest absolute Gasteiger partial charge is 0.175 e. The molecule has 0 amide bonds. The first-order chi connectivity index (χ1) is 8.21. The Labute approximate surface area is 104 Å². The Kier molecular flexibility index (Phi) is 2.65. The van der Waals surface area contributed by atoms with Crippen LogP contribution in [0.5, 0.6) is 0 Å². The number of halogens is 1. The van der Waals surface area contributed by atoms with Crippen molar-refractivity contribution in [1.29, 1.82) is 0 Å². The van der Waals surface area contributed by atoms with E-state index in [0.717, 1.165) is 12.1 Å². The molecule has 0 bridgehead atoms. The van der Waals surface area contributed by atoms with Gasteiger partial charge in [0.2, 0.25) is 0 Å². The van der Waals surface area contributed by atoms with Crippen LogP contribution in [0, 0.1) is 5.41 Å². The highest BCUT2D eigenvalue weighted by Crippen LogP contribution is 2.37. The third-order valence-corrected chi connectivity index (χ3v) is 3.64. The number of aromatic nitrogens is 1. The van der Waals surface area contributed by atoms with Crippen molar-refractivity contribution in [2.24, 2.45) is 5.41 Å². The summed E-state index contributed by atoms with van der Waals surface area (Å²) in [5.41, 5.74) is 0.939. The van der Waals surface area contributed by atoms with Crippen LogP contribution in [-0.4, -0.2) is 30.8 Å². The zero-order chi connectivity index (χ0) is 11.9. The van der Waals surface area contributed by atoms with E-state index in [4.69, 9.17) is 21.1 Å². The molecule has 2 aliphatic rings. The molecule has 0 aromatic carbocycles. The van der Waals surface area contributed by atoms with Crippen LogP contribution in [0.4, 0.5) is 0 Å². The first-order valence-electron chi connectivity index (χ1n) is 5.57. The molecule has 0 atom stereocenters. The number of ketones is 1. The molecule has 1 fully saturated rings. The standard InChI is InChI=1S/C12H12ClNO3/c13-10-2-1-8-9(14-10)3-4-12(11(8)15)5-16-7-17-6-12/h1-2H,3-7H2. The van der Waals surface area contributed by atoms with E-state index in [0.29, 0.717) is 30.4 Å². The fraction of sp³-hybridized carbons (Fsp3) is 0.500.